The molecule has 6 heteroatoms. The van der Waals surface area contributed by atoms with Gasteiger partial charge in [0, 0.05) is 13.0 Å². The molecule has 0 saturated carbocycles. The van der Waals surface area contributed by atoms with E-state index in [1.54, 1.807) is 0 Å². The molecule has 0 heterocycles. The topological polar surface area (TPSA) is 76.1 Å². The maximum atomic E-state index is 12.9. The molecule has 0 saturated heterocycles. The van der Waals surface area contributed by atoms with Crippen LogP contribution in [0.2, 0.25) is 0 Å². The zero-order valence-corrected chi connectivity index (χ0v) is 20.3. The first-order valence-corrected chi connectivity index (χ1v) is 10.9. The molecule has 2 unspecified atom stereocenters. The highest BCUT2D eigenvalue weighted by molar-refractivity contribution is 5.77. The van der Waals surface area contributed by atoms with Crippen LogP contribution in [-0.2, 0) is 19.1 Å². The molecule has 0 aromatic rings. The van der Waals surface area contributed by atoms with Crippen molar-refractivity contribution >= 4 is 11.9 Å². The number of carbonyl (C=O) groups is 2. The first-order chi connectivity index (χ1) is 13.2. The van der Waals surface area contributed by atoms with Crippen molar-refractivity contribution in [2.45, 2.75) is 87.7 Å². The van der Waals surface area contributed by atoms with Crippen molar-refractivity contribution in [2.75, 3.05) is 32.8 Å². The van der Waals surface area contributed by atoms with Gasteiger partial charge in [0.2, 0.25) is 0 Å². The second-order valence-electron chi connectivity index (χ2n) is 10.4. The summed E-state index contributed by atoms with van der Waals surface area (Å²) < 4.78 is 10.7. The van der Waals surface area contributed by atoms with Gasteiger partial charge in [0.25, 0.3) is 0 Å². The van der Waals surface area contributed by atoms with Crippen LogP contribution in [0, 0.1) is 16.2 Å². The Morgan fingerprint density at radius 2 is 1.52 bits per heavy atom. The van der Waals surface area contributed by atoms with Crippen LogP contribution in [0.1, 0.15) is 81.6 Å². The van der Waals surface area contributed by atoms with Crippen LogP contribution in [0.25, 0.3) is 0 Å². The van der Waals surface area contributed by atoms with E-state index in [2.05, 4.69) is 39.5 Å². The molecule has 0 aliphatic rings. The van der Waals surface area contributed by atoms with Crippen molar-refractivity contribution in [3.8, 4) is 0 Å². The van der Waals surface area contributed by atoms with E-state index in [1.807, 2.05) is 27.7 Å². The predicted molar refractivity (Wildman–Crippen MR) is 117 cm³/mol. The standard InChI is InChI=1S/C23H45NO5/c1-10-24(11-2)14-12-19(26)28-15-13-18(25)16-29-20(27)23(9,22(6,7)8)17-21(3,4)5/h18,25H,10-17H2,1-9H3. The Hall–Kier alpha value is -1.14. The van der Waals surface area contributed by atoms with Gasteiger partial charge in [-0.05, 0) is 37.3 Å². The Kier molecular flexibility index (Phi) is 11.4. The lowest BCUT2D eigenvalue weighted by molar-refractivity contribution is -0.168. The third-order valence-electron chi connectivity index (χ3n) is 5.64. The molecule has 0 radical (unpaired) electrons. The van der Waals surface area contributed by atoms with Gasteiger partial charge in [-0.15, -0.1) is 0 Å². The summed E-state index contributed by atoms with van der Waals surface area (Å²) in [6.07, 6.45) is 0.412. The summed E-state index contributed by atoms with van der Waals surface area (Å²) in [4.78, 5) is 26.8. The fraction of sp³-hybridized carbons (Fsp3) is 0.913. The molecule has 2 atom stereocenters. The van der Waals surface area contributed by atoms with Crippen LogP contribution in [0.4, 0.5) is 0 Å². The van der Waals surface area contributed by atoms with Gasteiger partial charge in [-0.3, -0.25) is 9.59 Å². The molecule has 0 aromatic carbocycles. The maximum absolute atomic E-state index is 12.9. The molecule has 0 amide bonds. The van der Waals surface area contributed by atoms with Crippen LogP contribution in [-0.4, -0.2) is 60.9 Å². The van der Waals surface area contributed by atoms with E-state index in [0.717, 1.165) is 13.1 Å². The number of aliphatic hydroxyl groups excluding tert-OH is 1. The lowest BCUT2D eigenvalue weighted by Crippen LogP contribution is -2.45. The van der Waals surface area contributed by atoms with Crippen LogP contribution < -0.4 is 0 Å². The molecule has 1 N–H and O–H groups in total. The second kappa shape index (κ2) is 11.9. The predicted octanol–water partition coefficient (Wildman–Crippen LogP) is 4.04. The van der Waals surface area contributed by atoms with Gasteiger partial charge in [0.05, 0.1) is 24.5 Å². The molecule has 0 bridgehead atoms. The van der Waals surface area contributed by atoms with Gasteiger partial charge in [0.15, 0.2) is 0 Å². The van der Waals surface area contributed by atoms with E-state index in [9.17, 15) is 14.7 Å². The van der Waals surface area contributed by atoms with Gasteiger partial charge < -0.3 is 19.5 Å². The number of hydrogen-bond donors (Lipinski definition) is 1. The zero-order chi connectivity index (χ0) is 22.9. The first-order valence-electron chi connectivity index (χ1n) is 10.9. The van der Waals surface area contributed by atoms with E-state index >= 15 is 0 Å². The van der Waals surface area contributed by atoms with Gasteiger partial charge in [0.1, 0.15) is 6.61 Å². The Morgan fingerprint density at radius 1 is 0.966 bits per heavy atom. The molecular weight excluding hydrogens is 370 g/mol. The van der Waals surface area contributed by atoms with E-state index in [1.165, 1.54) is 0 Å². The number of ether oxygens (including phenoxy) is 2. The van der Waals surface area contributed by atoms with Gasteiger partial charge in [-0.2, -0.15) is 0 Å². The van der Waals surface area contributed by atoms with Crippen LogP contribution in [0.5, 0.6) is 0 Å². The number of rotatable bonds is 12. The highest BCUT2D eigenvalue weighted by Crippen LogP contribution is 2.47. The van der Waals surface area contributed by atoms with Crippen molar-refractivity contribution in [1.29, 1.82) is 0 Å². The second-order valence-corrected chi connectivity index (χ2v) is 10.4. The van der Waals surface area contributed by atoms with E-state index in [-0.39, 0.29) is 42.4 Å². The zero-order valence-electron chi connectivity index (χ0n) is 20.3. The number of hydrogen-bond acceptors (Lipinski definition) is 6. The number of nitrogens with zero attached hydrogens (tertiary/aromatic N) is 1. The molecule has 0 spiro atoms. The van der Waals surface area contributed by atoms with Crippen molar-refractivity contribution in [1.82, 2.24) is 4.90 Å². The molecule has 0 aliphatic carbocycles. The quantitative estimate of drug-likeness (QED) is 0.485. The highest BCUT2D eigenvalue weighted by Gasteiger charge is 2.47. The summed E-state index contributed by atoms with van der Waals surface area (Å²) in [7, 11) is 0. The lowest BCUT2D eigenvalue weighted by Gasteiger charge is -2.43. The van der Waals surface area contributed by atoms with Crippen molar-refractivity contribution in [2.24, 2.45) is 16.2 Å². The number of aliphatic hydroxyl groups is 1. The molecule has 0 rings (SSSR count). The van der Waals surface area contributed by atoms with Crippen molar-refractivity contribution in [3.05, 3.63) is 0 Å². The average molecular weight is 416 g/mol. The van der Waals surface area contributed by atoms with Crippen LogP contribution in [0.3, 0.4) is 0 Å². The Morgan fingerprint density at radius 3 is 1.97 bits per heavy atom. The molecule has 29 heavy (non-hydrogen) atoms. The Bertz CT molecular complexity index is 502. The van der Waals surface area contributed by atoms with Crippen molar-refractivity contribution in [3.63, 3.8) is 0 Å². The molecule has 0 aliphatic heterocycles. The third kappa shape index (κ3) is 10.4. The summed E-state index contributed by atoms with van der Waals surface area (Å²) in [6.45, 7) is 21.0. The summed E-state index contributed by atoms with van der Waals surface area (Å²) in [5.41, 5.74) is -0.969. The number of esters is 2. The summed E-state index contributed by atoms with van der Waals surface area (Å²) >= 11 is 0. The third-order valence-corrected chi connectivity index (χ3v) is 5.64. The molecule has 172 valence electrons. The summed E-state index contributed by atoms with van der Waals surface area (Å²) in [5, 5.41) is 10.1. The monoisotopic (exact) mass is 415 g/mol. The largest absolute Gasteiger partial charge is 0.466 e. The van der Waals surface area contributed by atoms with Gasteiger partial charge in [-0.25, -0.2) is 0 Å². The fourth-order valence-electron chi connectivity index (χ4n) is 3.29. The Labute approximate surface area is 178 Å². The molecule has 0 fully saturated rings. The van der Waals surface area contributed by atoms with Gasteiger partial charge in [-0.1, -0.05) is 55.4 Å². The summed E-state index contributed by atoms with van der Waals surface area (Å²) in [5.74, 6) is -0.568. The lowest BCUT2D eigenvalue weighted by atomic mass is 9.61. The smallest absolute Gasteiger partial charge is 0.312 e. The summed E-state index contributed by atoms with van der Waals surface area (Å²) in [6, 6.07) is 0. The van der Waals surface area contributed by atoms with E-state index < -0.39 is 11.5 Å². The molecule has 0 aromatic heterocycles. The first kappa shape index (κ1) is 27.9. The van der Waals surface area contributed by atoms with E-state index in [4.69, 9.17) is 9.47 Å². The van der Waals surface area contributed by atoms with Gasteiger partial charge >= 0.3 is 11.9 Å². The minimum atomic E-state index is -0.853. The highest BCUT2D eigenvalue weighted by atomic mass is 16.5. The Balaban J connectivity index is 4.46. The van der Waals surface area contributed by atoms with Crippen LogP contribution in [0.15, 0.2) is 0 Å². The van der Waals surface area contributed by atoms with E-state index in [0.29, 0.717) is 19.4 Å². The molecule has 6 nitrogen and oxygen atoms in total. The minimum absolute atomic E-state index is 0.0288. The fourth-order valence-corrected chi connectivity index (χ4v) is 3.29. The number of carbonyl (C=O) groups excluding carboxylic acids is 2. The normalized spacial score (nSPS) is 15.7. The van der Waals surface area contributed by atoms with Crippen molar-refractivity contribution < 1.29 is 24.2 Å². The maximum Gasteiger partial charge on any atom is 0.312 e. The molecular formula is C23H45NO5. The SMILES string of the molecule is CCN(CC)CCC(=O)OCCC(O)COC(=O)C(C)(CC(C)(C)C)C(C)(C)C. The average Bonchev–Trinajstić information content (AvgIpc) is 2.58. The van der Waals surface area contributed by atoms with Crippen LogP contribution >= 0.6 is 0 Å². The minimum Gasteiger partial charge on any atom is -0.466 e.